The van der Waals surface area contributed by atoms with Crippen LogP contribution in [0.15, 0.2) is 90.1 Å². The normalized spacial score (nSPS) is 12.6. The van der Waals surface area contributed by atoms with E-state index in [2.05, 4.69) is 15.4 Å². The molecule has 8 nitrogen and oxygen atoms in total. The lowest BCUT2D eigenvalue weighted by Crippen LogP contribution is -2.34. The molecule has 184 valence electrons. The molecule has 0 spiro atoms. The zero-order valence-corrected chi connectivity index (χ0v) is 20.3. The molecule has 0 unspecified atom stereocenters. The number of nitrogens with zero attached hydrogens (tertiary/aromatic N) is 4. The molecule has 0 fully saturated rings. The van der Waals surface area contributed by atoms with Crippen LogP contribution in [0.5, 0.6) is 11.5 Å². The number of benzene rings is 3. The summed E-state index contributed by atoms with van der Waals surface area (Å²) >= 11 is 0. The number of nitrogens with one attached hydrogen (secondary N) is 1. The van der Waals surface area contributed by atoms with E-state index in [0.29, 0.717) is 42.2 Å². The summed E-state index contributed by atoms with van der Waals surface area (Å²) in [7, 11) is 0. The first-order valence-electron chi connectivity index (χ1n) is 12.2. The van der Waals surface area contributed by atoms with Crippen molar-refractivity contribution in [3.63, 3.8) is 0 Å². The van der Waals surface area contributed by atoms with Gasteiger partial charge < -0.3 is 10.1 Å². The topological polar surface area (TPSA) is 91.0 Å². The monoisotopic (exact) mass is 491 g/mol. The molecule has 1 N–H and O–H groups in total. The van der Waals surface area contributed by atoms with Gasteiger partial charge in [0.15, 0.2) is 5.65 Å². The smallest absolute Gasteiger partial charge is 0.264 e. The molecule has 0 bridgehead atoms. The van der Waals surface area contributed by atoms with Crippen LogP contribution in [0.2, 0.25) is 0 Å². The highest BCUT2D eigenvalue weighted by Crippen LogP contribution is 2.43. The van der Waals surface area contributed by atoms with Crippen molar-refractivity contribution in [1.29, 1.82) is 0 Å². The molecule has 8 heteroatoms. The molecule has 1 amide bonds. The van der Waals surface area contributed by atoms with Crippen LogP contribution >= 0.6 is 0 Å². The highest BCUT2D eigenvalue weighted by molar-refractivity contribution is 5.89. The van der Waals surface area contributed by atoms with Gasteiger partial charge in [-0.1, -0.05) is 60.7 Å². The molecule has 0 saturated heterocycles. The molecule has 5 aromatic rings. The second kappa shape index (κ2) is 9.39. The van der Waals surface area contributed by atoms with Crippen LogP contribution in [0.4, 0.5) is 0 Å². The van der Waals surface area contributed by atoms with E-state index in [1.807, 2.05) is 79.7 Å². The van der Waals surface area contributed by atoms with Crippen LogP contribution < -0.4 is 15.6 Å². The Hall–Kier alpha value is -4.72. The van der Waals surface area contributed by atoms with Gasteiger partial charge >= 0.3 is 0 Å². The number of carbonyl (C=O) groups is 1. The number of rotatable bonds is 6. The van der Waals surface area contributed by atoms with Gasteiger partial charge in [-0.3, -0.25) is 14.2 Å². The molecular formula is C29H25N5O3. The number of amides is 1. The van der Waals surface area contributed by atoms with Gasteiger partial charge in [0, 0.05) is 17.7 Å². The number of hydrogen-bond donors (Lipinski definition) is 1. The number of aryl methyl sites for hydroxylation is 1. The zero-order chi connectivity index (χ0) is 25.4. The van der Waals surface area contributed by atoms with E-state index in [1.54, 1.807) is 21.8 Å². The predicted octanol–water partition coefficient (Wildman–Crippen LogP) is 4.00. The SMILES string of the molecule is Cc1ccccc1Cn1cnc2c(cnn2CCNC(=O)C2c3ccccc3Oc3ccccc32)c1=O. The fourth-order valence-corrected chi connectivity index (χ4v) is 4.82. The van der Waals surface area contributed by atoms with E-state index in [4.69, 9.17) is 4.74 Å². The van der Waals surface area contributed by atoms with Gasteiger partial charge in [0.2, 0.25) is 5.91 Å². The number of aromatic nitrogens is 4. The van der Waals surface area contributed by atoms with Crippen molar-refractivity contribution < 1.29 is 9.53 Å². The standard InChI is InChI=1S/C29H25N5O3/c1-19-8-2-3-9-20(19)17-33-18-31-27-23(29(33)36)16-32-34(27)15-14-30-28(35)26-21-10-4-6-12-24(21)37-25-13-7-5-11-22(25)26/h2-13,16,18,26H,14-15,17H2,1H3,(H,30,35). The minimum atomic E-state index is -0.470. The van der Waals surface area contributed by atoms with E-state index in [9.17, 15) is 9.59 Å². The zero-order valence-electron chi connectivity index (χ0n) is 20.3. The van der Waals surface area contributed by atoms with Gasteiger partial charge in [0.25, 0.3) is 5.56 Å². The summed E-state index contributed by atoms with van der Waals surface area (Å²) in [4.78, 5) is 30.9. The lowest BCUT2D eigenvalue weighted by Gasteiger charge is -2.27. The van der Waals surface area contributed by atoms with E-state index in [-0.39, 0.29) is 11.5 Å². The summed E-state index contributed by atoms with van der Waals surface area (Å²) in [5, 5.41) is 7.86. The summed E-state index contributed by atoms with van der Waals surface area (Å²) < 4.78 is 9.25. The van der Waals surface area contributed by atoms with Crippen molar-refractivity contribution in [2.75, 3.05) is 6.54 Å². The maximum atomic E-state index is 13.4. The Bertz CT molecular complexity index is 1640. The fraction of sp³-hybridized carbons (Fsp3) is 0.172. The Morgan fingerprint density at radius 2 is 1.65 bits per heavy atom. The Kier molecular flexibility index (Phi) is 5.76. The van der Waals surface area contributed by atoms with Crippen LogP contribution in [0, 0.1) is 6.92 Å². The molecule has 6 rings (SSSR count). The summed E-state index contributed by atoms with van der Waals surface area (Å²) in [5.41, 5.74) is 4.21. The van der Waals surface area contributed by atoms with Crippen LogP contribution in [-0.2, 0) is 17.9 Å². The minimum absolute atomic E-state index is 0.117. The summed E-state index contributed by atoms with van der Waals surface area (Å²) in [5.74, 6) is 0.784. The van der Waals surface area contributed by atoms with E-state index < -0.39 is 5.92 Å². The average Bonchev–Trinajstić information content (AvgIpc) is 3.33. The second-order valence-electron chi connectivity index (χ2n) is 9.11. The van der Waals surface area contributed by atoms with Crippen molar-refractivity contribution in [1.82, 2.24) is 24.6 Å². The quantitative estimate of drug-likeness (QED) is 0.388. The summed E-state index contributed by atoms with van der Waals surface area (Å²) in [6, 6.07) is 23.2. The lowest BCUT2D eigenvalue weighted by atomic mass is 9.87. The number of carbonyl (C=O) groups excluding carboxylic acids is 1. The molecule has 37 heavy (non-hydrogen) atoms. The Labute approximate surface area is 213 Å². The highest BCUT2D eigenvalue weighted by Gasteiger charge is 2.32. The molecular weight excluding hydrogens is 466 g/mol. The fourth-order valence-electron chi connectivity index (χ4n) is 4.82. The van der Waals surface area contributed by atoms with E-state index in [0.717, 1.165) is 22.3 Å². The average molecular weight is 492 g/mol. The van der Waals surface area contributed by atoms with Crippen LogP contribution in [0.1, 0.15) is 28.2 Å². The number of fused-ring (bicyclic) bond motifs is 3. The third kappa shape index (κ3) is 4.16. The van der Waals surface area contributed by atoms with Crippen LogP contribution in [0.25, 0.3) is 11.0 Å². The second-order valence-corrected chi connectivity index (χ2v) is 9.11. The van der Waals surface area contributed by atoms with Crippen molar-refractivity contribution in [3.8, 4) is 11.5 Å². The molecule has 2 aromatic heterocycles. The summed E-state index contributed by atoms with van der Waals surface area (Å²) in [6.45, 7) is 3.20. The van der Waals surface area contributed by atoms with Crippen molar-refractivity contribution in [2.45, 2.75) is 25.9 Å². The van der Waals surface area contributed by atoms with Crippen molar-refractivity contribution in [2.24, 2.45) is 0 Å². The minimum Gasteiger partial charge on any atom is -0.457 e. The highest BCUT2D eigenvalue weighted by atomic mass is 16.5. The molecule has 0 aliphatic carbocycles. The molecule has 3 aromatic carbocycles. The van der Waals surface area contributed by atoms with Gasteiger partial charge in [-0.15, -0.1) is 0 Å². The first kappa shape index (κ1) is 22.7. The van der Waals surface area contributed by atoms with Crippen molar-refractivity contribution >= 4 is 16.9 Å². The van der Waals surface area contributed by atoms with E-state index >= 15 is 0 Å². The predicted molar refractivity (Wildman–Crippen MR) is 140 cm³/mol. The number of ether oxygens (including phenoxy) is 1. The van der Waals surface area contributed by atoms with Gasteiger partial charge in [0.1, 0.15) is 23.2 Å². The largest absolute Gasteiger partial charge is 0.457 e. The van der Waals surface area contributed by atoms with Gasteiger partial charge in [-0.2, -0.15) is 5.10 Å². The maximum Gasteiger partial charge on any atom is 0.264 e. The van der Waals surface area contributed by atoms with Crippen molar-refractivity contribution in [3.05, 3.63) is 118 Å². The molecule has 1 aliphatic rings. The lowest BCUT2D eigenvalue weighted by molar-refractivity contribution is -0.121. The third-order valence-electron chi connectivity index (χ3n) is 6.79. The third-order valence-corrected chi connectivity index (χ3v) is 6.79. The summed E-state index contributed by atoms with van der Waals surface area (Å²) in [6.07, 6.45) is 3.11. The Morgan fingerprint density at radius 1 is 0.973 bits per heavy atom. The Morgan fingerprint density at radius 3 is 2.38 bits per heavy atom. The molecule has 3 heterocycles. The molecule has 0 radical (unpaired) electrons. The van der Waals surface area contributed by atoms with Gasteiger partial charge in [-0.25, -0.2) is 9.67 Å². The number of hydrogen-bond acceptors (Lipinski definition) is 5. The maximum absolute atomic E-state index is 13.4. The van der Waals surface area contributed by atoms with E-state index in [1.165, 1.54) is 0 Å². The first-order valence-corrected chi connectivity index (χ1v) is 12.2. The molecule has 0 atom stereocenters. The van der Waals surface area contributed by atoms with Crippen LogP contribution in [0.3, 0.4) is 0 Å². The van der Waals surface area contributed by atoms with Gasteiger partial charge in [-0.05, 0) is 30.2 Å². The van der Waals surface area contributed by atoms with Gasteiger partial charge in [0.05, 0.1) is 25.2 Å². The molecule has 1 aliphatic heterocycles. The first-order chi connectivity index (χ1) is 18.1. The Balaban J connectivity index is 1.19. The number of para-hydroxylation sites is 2. The molecule has 0 saturated carbocycles. The van der Waals surface area contributed by atoms with Crippen LogP contribution in [-0.4, -0.2) is 31.8 Å².